The van der Waals surface area contributed by atoms with Crippen LogP contribution in [0, 0.1) is 5.41 Å². The average molecular weight is 440 g/mol. The normalized spacial score (nSPS) is 22.1. The predicted molar refractivity (Wildman–Crippen MR) is 108 cm³/mol. The molecule has 3 aliphatic heterocycles. The van der Waals surface area contributed by atoms with Gasteiger partial charge in [0.25, 0.3) is 0 Å². The Hall–Kier alpha value is -3.25. The molecule has 2 saturated heterocycles. The molecule has 168 valence electrons. The minimum Gasteiger partial charge on any atom is -0.456 e. The van der Waals surface area contributed by atoms with E-state index >= 15 is 0 Å². The van der Waals surface area contributed by atoms with E-state index in [2.05, 4.69) is 30.4 Å². The molecule has 1 N–H and O–H groups in total. The molecule has 2 aromatic heterocycles. The van der Waals surface area contributed by atoms with Crippen LogP contribution in [0.15, 0.2) is 30.0 Å². The molecule has 32 heavy (non-hydrogen) atoms. The lowest BCUT2D eigenvalue weighted by Crippen LogP contribution is -2.45. The van der Waals surface area contributed by atoms with E-state index in [0.29, 0.717) is 49.0 Å². The van der Waals surface area contributed by atoms with Crippen LogP contribution in [-0.2, 0) is 14.3 Å². The van der Waals surface area contributed by atoms with Crippen molar-refractivity contribution in [3.63, 3.8) is 0 Å². The number of amides is 1. The summed E-state index contributed by atoms with van der Waals surface area (Å²) in [5.74, 6) is 0.218. The molecule has 1 unspecified atom stereocenters. The number of piperidine rings is 1. The van der Waals surface area contributed by atoms with E-state index in [4.69, 9.17) is 4.74 Å². The summed E-state index contributed by atoms with van der Waals surface area (Å²) in [6, 6.07) is 0. The molecular weight excluding hydrogens is 416 g/mol. The Morgan fingerprint density at radius 1 is 1.16 bits per heavy atom. The third kappa shape index (κ3) is 3.54. The van der Waals surface area contributed by atoms with Crippen molar-refractivity contribution in [1.82, 2.24) is 40.0 Å². The number of hydrogen-bond acceptors (Lipinski definition) is 10. The number of esters is 1. The van der Waals surface area contributed by atoms with Gasteiger partial charge in [-0.2, -0.15) is 4.68 Å². The second kappa shape index (κ2) is 8.02. The molecule has 12 heteroatoms. The first-order valence-corrected chi connectivity index (χ1v) is 10.6. The number of rotatable bonds is 5. The zero-order valence-corrected chi connectivity index (χ0v) is 17.7. The molecule has 0 radical (unpaired) electrons. The number of hydrogen-bond donors (Lipinski definition) is 1. The highest BCUT2D eigenvalue weighted by molar-refractivity contribution is 5.94. The summed E-state index contributed by atoms with van der Waals surface area (Å²) >= 11 is 0. The van der Waals surface area contributed by atoms with Crippen LogP contribution in [0.3, 0.4) is 0 Å². The Morgan fingerprint density at radius 2 is 1.94 bits per heavy atom. The third-order valence-electron chi connectivity index (χ3n) is 6.75. The van der Waals surface area contributed by atoms with Crippen molar-refractivity contribution in [3.8, 4) is 5.82 Å². The van der Waals surface area contributed by atoms with Gasteiger partial charge in [0.2, 0.25) is 5.91 Å². The van der Waals surface area contributed by atoms with E-state index in [1.165, 1.54) is 23.4 Å². The highest BCUT2D eigenvalue weighted by Crippen LogP contribution is 2.43. The number of likely N-dealkylation sites (tertiary alicyclic amines) is 2. The number of ether oxygens (including phenoxy) is 1. The Bertz CT molecular complexity index is 1040. The second-order valence-corrected chi connectivity index (χ2v) is 8.51. The summed E-state index contributed by atoms with van der Waals surface area (Å²) in [7, 11) is 0. The van der Waals surface area contributed by atoms with Gasteiger partial charge in [0, 0.05) is 13.1 Å². The van der Waals surface area contributed by atoms with E-state index in [-0.39, 0.29) is 18.5 Å². The van der Waals surface area contributed by atoms with Crippen LogP contribution in [-0.4, -0.2) is 89.7 Å². The van der Waals surface area contributed by atoms with Gasteiger partial charge in [0.05, 0.1) is 34.8 Å². The van der Waals surface area contributed by atoms with Gasteiger partial charge in [-0.1, -0.05) is 0 Å². The average Bonchev–Trinajstić information content (AvgIpc) is 3.53. The minimum absolute atomic E-state index is 0.0920. The van der Waals surface area contributed by atoms with E-state index in [9.17, 15) is 14.7 Å². The maximum atomic E-state index is 13.2. The van der Waals surface area contributed by atoms with Gasteiger partial charge >= 0.3 is 5.97 Å². The van der Waals surface area contributed by atoms with Crippen LogP contribution in [0.2, 0.25) is 0 Å². The second-order valence-electron chi connectivity index (χ2n) is 8.51. The zero-order valence-electron chi connectivity index (χ0n) is 17.7. The van der Waals surface area contributed by atoms with Gasteiger partial charge in [-0.3, -0.25) is 9.78 Å². The van der Waals surface area contributed by atoms with Gasteiger partial charge < -0.3 is 19.6 Å². The van der Waals surface area contributed by atoms with Crippen molar-refractivity contribution < 1.29 is 19.4 Å². The number of tetrazole rings is 1. The van der Waals surface area contributed by atoms with Gasteiger partial charge in [0.1, 0.15) is 19.0 Å². The lowest BCUT2D eigenvalue weighted by atomic mass is 9.77. The predicted octanol–water partition coefficient (Wildman–Crippen LogP) is -0.369. The van der Waals surface area contributed by atoms with Crippen molar-refractivity contribution in [3.05, 3.63) is 35.7 Å². The molecule has 2 fully saturated rings. The van der Waals surface area contributed by atoms with Crippen LogP contribution < -0.4 is 0 Å². The number of carbonyl (C=O) groups is 2. The number of aromatic nitrogens is 6. The molecule has 0 aromatic carbocycles. The summed E-state index contributed by atoms with van der Waals surface area (Å²) in [5, 5.41) is 21.5. The Labute approximate surface area is 183 Å². The molecule has 0 saturated carbocycles. The third-order valence-corrected chi connectivity index (χ3v) is 6.75. The van der Waals surface area contributed by atoms with E-state index in [0.717, 1.165) is 19.3 Å². The zero-order chi connectivity index (χ0) is 22.3. The summed E-state index contributed by atoms with van der Waals surface area (Å²) in [6.45, 7) is 4.34. The van der Waals surface area contributed by atoms with Crippen molar-refractivity contribution in [1.29, 1.82) is 0 Å². The fraction of sp³-hybridized carbons (Fsp3) is 0.550. The van der Waals surface area contributed by atoms with Crippen molar-refractivity contribution in [2.45, 2.75) is 32.3 Å². The number of aliphatic hydroxyl groups is 1. The first-order chi connectivity index (χ1) is 15.5. The smallest absolute Gasteiger partial charge is 0.336 e. The molecule has 2 aromatic rings. The first-order valence-electron chi connectivity index (χ1n) is 10.6. The Morgan fingerprint density at radius 3 is 2.56 bits per heavy atom. The van der Waals surface area contributed by atoms with Crippen LogP contribution in [0.5, 0.6) is 0 Å². The molecule has 1 amide bonds. The maximum Gasteiger partial charge on any atom is 0.336 e. The minimum atomic E-state index is -0.787. The topological polar surface area (TPSA) is 139 Å². The monoisotopic (exact) mass is 440 g/mol. The van der Waals surface area contributed by atoms with Gasteiger partial charge in [-0.15, -0.1) is 5.10 Å². The summed E-state index contributed by atoms with van der Waals surface area (Å²) in [5.41, 5.74) is 1.31. The molecule has 5 heterocycles. The fourth-order valence-corrected chi connectivity index (χ4v) is 4.68. The Balaban J connectivity index is 1.18. The summed E-state index contributed by atoms with van der Waals surface area (Å²) in [6.07, 6.45) is 5.89. The largest absolute Gasteiger partial charge is 0.456 e. The first kappa shape index (κ1) is 20.6. The molecule has 5 rings (SSSR count). The number of aliphatic hydroxyl groups excluding tert-OH is 1. The summed E-state index contributed by atoms with van der Waals surface area (Å²) in [4.78, 5) is 37.3. The fourth-order valence-electron chi connectivity index (χ4n) is 4.68. The molecule has 3 aliphatic rings. The lowest BCUT2D eigenvalue weighted by molar-refractivity contribution is -0.138. The lowest BCUT2D eigenvalue weighted by Gasteiger charge is -2.38. The van der Waals surface area contributed by atoms with Crippen molar-refractivity contribution >= 4 is 11.9 Å². The van der Waals surface area contributed by atoms with Gasteiger partial charge in [-0.05, 0) is 49.7 Å². The van der Waals surface area contributed by atoms with E-state index < -0.39 is 11.5 Å². The van der Waals surface area contributed by atoms with Crippen molar-refractivity contribution in [2.24, 2.45) is 5.41 Å². The SMILES string of the molecule is CC1=C(N2CCC3(CCN(CC(O)c4cnc(-n5cnnn5)cn4)CC3)C2=O)COC1=O. The number of nitrogens with zero attached hydrogens (tertiary/aromatic N) is 8. The van der Waals surface area contributed by atoms with Crippen molar-refractivity contribution in [2.75, 3.05) is 32.8 Å². The Kier molecular flexibility index (Phi) is 5.18. The van der Waals surface area contributed by atoms with Gasteiger partial charge in [-0.25, -0.2) is 9.78 Å². The summed E-state index contributed by atoms with van der Waals surface area (Å²) < 4.78 is 6.47. The van der Waals surface area contributed by atoms with Gasteiger partial charge in [0.15, 0.2) is 5.82 Å². The molecule has 1 spiro atoms. The van der Waals surface area contributed by atoms with Crippen LogP contribution in [0.25, 0.3) is 5.82 Å². The number of carbonyl (C=O) groups excluding carboxylic acids is 2. The van der Waals surface area contributed by atoms with E-state index in [1.807, 2.05) is 0 Å². The maximum absolute atomic E-state index is 13.2. The quantitative estimate of drug-likeness (QED) is 0.613. The number of β-amino-alcohol motifs (C(OH)–C–C–N with tert-alkyl or cyclic N) is 1. The molecule has 0 aliphatic carbocycles. The highest BCUT2D eigenvalue weighted by atomic mass is 16.5. The van der Waals surface area contributed by atoms with E-state index in [1.54, 1.807) is 11.8 Å². The number of cyclic esters (lactones) is 1. The standard InChI is InChI=1S/C20H24N8O4/c1-13-15(11-32-18(13)30)27-7-4-20(19(27)31)2-5-26(6-3-20)10-16(29)14-8-22-17(9-21-14)28-12-23-24-25-28/h8-9,12,16,29H,2-7,10-11H2,1H3. The van der Waals surface area contributed by atoms with Crippen LogP contribution in [0.1, 0.15) is 38.0 Å². The molecule has 1 atom stereocenters. The molecule has 12 nitrogen and oxygen atoms in total. The highest BCUT2D eigenvalue weighted by Gasteiger charge is 2.50. The molecule has 0 bridgehead atoms. The van der Waals surface area contributed by atoms with Crippen LogP contribution >= 0.6 is 0 Å². The molecular formula is C20H24N8O4. The van der Waals surface area contributed by atoms with Crippen LogP contribution in [0.4, 0.5) is 0 Å².